The number of nitrogens with one attached hydrogen (secondary N) is 1. The first-order valence-electron chi connectivity index (χ1n) is 6.31. The fourth-order valence-electron chi connectivity index (χ4n) is 2.40. The van der Waals surface area contributed by atoms with E-state index in [1.54, 1.807) is 0 Å². The summed E-state index contributed by atoms with van der Waals surface area (Å²) in [6.07, 6.45) is 0. The number of nitrogens with zero attached hydrogens (tertiary/aromatic N) is 1. The molecular weight excluding hydrogens is 292 g/mol. The Balaban J connectivity index is 2.32. The Labute approximate surface area is 117 Å². The van der Waals surface area contributed by atoms with Crippen LogP contribution in [0.15, 0.2) is 22.7 Å². The zero-order chi connectivity index (χ0) is 13.3. The maximum Gasteiger partial charge on any atom is 0.0647 e. The number of anilines is 1. The molecule has 0 bridgehead atoms. The second-order valence-corrected chi connectivity index (χ2v) is 6.54. The number of hydrogen-bond donors (Lipinski definition) is 2. The lowest BCUT2D eigenvalue weighted by molar-refractivity contribution is 0.214. The fraction of sp³-hybridized carbons (Fsp3) is 0.571. The lowest BCUT2D eigenvalue weighted by Crippen LogP contribution is -2.63. The number of benzene rings is 1. The maximum absolute atomic E-state index is 9.54. The number of rotatable bonds is 2. The van der Waals surface area contributed by atoms with Gasteiger partial charge in [-0.2, -0.15) is 0 Å². The van der Waals surface area contributed by atoms with Crippen molar-refractivity contribution in [3.8, 4) is 0 Å². The van der Waals surface area contributed by atoms with E-state index < -0.39 is 0 Å². The SMILES string of the molecule is Cc1ccc(N2CC(C)(C)NCC2CO)c(Br)c1. The van der Waals surface area contributed by atoms with Gasteiger partial charge in [-0.15, -0.1) is 0 Å². The molecule has 1 unspecified atom stereocenters. The van der Waals surface area contributed by atoms with Crippen molar-refractivity contribution >= 4 is 21.6 Å². The van der Waals surface area contributed by atoms with Gasteiger partial charge in [-0.3, -0.25) is 0 Å². The van der Waals surface area contributed by atoms with E-state index in [1.165, 1.54) is 5.56 Å². The van der Waals surface area contributed by atoms with E-state index in [4.69, 9.17) is 0 Å². The van der Waals surface area contributed by atoms with Gasteiger partial charge in [0.2, 0.25) is 0 Å². The van der Waals surface area contributed by atoms with Gasteiger partial charge in [-0.1, -0.05) is 6.07 Å². The molecule has 100 valence electrons. The molecule has 1 atom stereocenters. The van der Waals surface area contributed by atoms with E-state index in [0.29, 0.717) is 0 Å². The molecule has 2 N–H and O–H groups in total. The topological polar surface area (TPSA) is 35.5 Å². The second-order valence-electron chi connectivity index (χ2n) is 5.68. The molecule has 1 fully saturated rings. The average Bonchev–Trinajstić information content (AvgIpc) is 2.28. The van der Waals surface area contributed by atoms with Gasteiger partial charge in [0, 0.05) is 23.1 Å². The normalized spacial score (nSPS) is 23.2. The third-order valence-corrected chi connectivity index (χ3v) is 4.08. The van der Waals surface area contributed by atoms with E-state index in [1.807, 2.05) is 0 Å². The molecule has 1 aliphatic rings. The number of aliphatic hydroxyl groups is 1. The van der Waals surface area contributed by atoms with Crippen LogP contribution in [0.5, 0.6) is 0 Å². The summed E-state index contributed by atoms with van der Waals surface area (Å²) in [6, 6.07) is 6.50. The molecule has 1 aromatic rings. The van der Waals surface area contributed by atoms with E-state index in [0.717, 1.165) is 23.2 Å². The molecule has 18 heavy (non-hydrogen) atoms. The quantitative estimate of drug-likeness (QED) is 0.879. The fourth-order valence-corrected chi connectivity index (χ4v) is 3.13. The molecule has 4 heteroatoms. The monoisotopic (exact) mass is 312 g/mol. The summed E-state index contributed by atoms with van der Waals surface area (Å²) in [4.78, 5) is 2.29. The predicted octanol–water partition coefficient (Wildman–Crippen LogP) is 2.31. The Hall–Kier alpha value is -0.580. The van der Waals surface area contributed by atoms with Crippen LogP contribution in [-0.4, -0.2) is 36.4 Å². The highest BCUT2D eigenvalue weighted by atomic mass is 79.9. The lowest BCUT2D eigenvalue weighted by atomic mass is 9.98. The third kappa shape index (κ3) is 2.87. The number of piperazine rings is 1. The number of aliphatic hydroxyl groups excluding tert-OH is 1. The van der Waals surface area contributed by atoms with Crippen molar-refractivity contribution in [2.45, 2.75) is 32.4 Å². The Morgan fingerprint density at radius 2 is 2.22 bits per heavy atom. The first kappa shape index (κ1) is 13.8. The van der Waals surface area contributed by atoms with Gasteiger partial charge in [0.05, 0.1) is 18.3 Å². The van der Waals surface area contributed by atoms with Crippen molar-refractivity contribution in [3.05, 3.63) is 28.2 Å². The van der Waals surface area contributed by atoms with E-state index >= 15 is 0 Å². The van der Waals surface area contributed by atoms with Gasteiger partial charge >= 0.3 is 0 Å². The van der Waals surface area contributed by atoms with Crippen LogP contribution in [0.1, 0.15) is 19.4 Å². The predicted molar refractivity (Wildman–Crippen MR) is 79.2 cm³/mol. The molecule has 2 rings (SSSR count). The first-order chi connectivity index (χ1) is 8.43. The van der Waals surface area contributed by atoms with Crippen LogP contribution in [0.25, 0.3) is 0 Å². The average molecular weight is 313 g/mol. The van der Waals surface area contributed by atoms with Crippen molar-refractivity contribution in [1.29, 1.82) is 0 Å². The van der Waals surface area contributed by atoms with E-state index in [-0.39, 0.29) is 18.2 Å². The van der Waals surface area contributed by atoms with Gasteiger partial charge in [-0.05, 0) is 54.4 Å². The second kappa shape index (κ2) is 5.19. The number of aryl methyl sites for hydroxylation is 1. The number of halogens is 1. The highest BCUT2D eigenvalue weighted by molar-refractivity contribution is 9.10. The first-order valence-corrected chi connectivity index (χ1v) is 7.11. The molecule has 0 amide bonds. The molecule has 1 aromatic carbocycles. The zero-order valence-electron chi connectivity index (χ0n) is 11.2. The molecule has 1 saturated heterocycles. The van der Waals surface area contributed by atoms with Crippen LogP contribution in [-0.2, 0) is 0 Å². The molecular formula is C14H21BrN2O. The van der Waals surface area contributed by atoms with Crippen LogP contribution < -0.4 is 10.2 Å². The summed E-state index contributed by atoms with van der Waals surface area (Å²) in [5.74, 6) is 0. The van der Waals surface area contributed by atoms with Crippen molar-refractivity contribution < 1.29 is 5.11 Å². The van der Waals surface area contributed by atoms with Crippen molar-refractivity contribution in [2.75, 3.05) is 24.6 Å². The van der Waals surface area contributed by atoms with Crippen molar-refractivity contribution in [3.63, 3.8) is 0 Å². The Morgan fingerprint density at radius 3 is 2.83 bits per heavy atom. The molecule has 1 aliphatic heterocycles. The molecule has 0 spiro atoms. The smallest absolute Gasteiger partial charge is 0.0647 e. The van der Waals surface area contributed by atoms with Gasteiger partial charge in [0.1, 0.15) is 0 Å². The largest absolute Gasteiger partial charge is 0.394 e. The molecule has 3 nitrogen and oxygen atoms in total. The van der Waals surface area contributed by atoms with Crippen LogP contribution in [0, 0.1) is 6.92 Å². The molecule has 0 saturated carbocycles. The minimum absolute atomic E-state index is 0.0655. The Morgan fingerprint density at radius 1 is 1.50 bits per heavy atom. The summed E-state index contributed by atoms with van der Waals surface area (Å²) >= 11 is 3.63. The Bertz CT molecular complexity index is 434. The van der Waals surface area contributed by atoms with E-state index in [9.17, 15) is 5.11 Å². The van der Waals surface area contributed by atoms with Gasteiger partial charge < -0.3 is 15.3 Å². The molecule has 0 aliphatic carbocycles. The van der Waals surface area contributed by atoms with E-state index in [2.05, 4.69) is 65.1 Å². The summed E-state index contributed by atoms with van der Waals surface area (Å²) in [5, 5.41) is 13.0. The number of hydrogen-bond acceptors (Lipinski definition) is 3. The minimum Gasteiger partial charge on any atom is -0.394 e. The minimum atomic E-state index is 0.0655. The standard InChI is InChI=1S/C14H21BrN2O/c1-10-4-5-13(12(15)6-10)17-9-14(2,3)16-7-11(17)8-18/h4-6,11,16,18H,7-9H2,1-3H3. The van der Waals surface area contributed by atoms with Crippen molar-refractivity contribution in [1.82, 2.24) is 5.32 Å². The van der Waals surface area contributed by atoms with Crippen LogP contribution >= 0.6 is 15.9 Å². The maximum atomic E-state index is 9.54. The summed E-state index contributed by atoms with van der Waals surface area (Å²) in [7, 11) is 0. The van der Waals surface area contributed by atoms with Crippen LogP contribution in [0.4, 0.5) is 5.69 Å². The van der Waals surface area contributed by atoms with Crippen LogP contribution in [0.3, 0.4) is 0 Å². The van der Waals surface area contributed by atoms with Crippen LogP contribution in [0.2, 0.25) is 0 Å². The molecule has 1 heterocycles. The van der Waals surface area contributed by atoms with Gasteiger partial charge in [-0.25, -0.2) is 0 Å². The zero-order valence-corrected chi connectivity index (χ0v) is 12.8. The summed E-state index contributed by atoms with van der Waals surface area (Å²) in [5.41, 5.74) is 2.46. The Kier molecular flexibility index (Phi) is 3.99. The van der Waals surface area contributed by atoms with Gasteiger partial charge in [0.15, 0.2) is 0 Å². The molecule has 0 radical (unpaired) electrons. The van der Waals surface area contributed by atoms with Gasteiger partial charge in [0.25, 0.3) is 0 Å². The summed E-state index contributed by atoms with van der Waals surface area (Å²) < 4.78 is 1.10. The van der Waals surface area contributed by atoms with Crippen molar-refractivity contribution in [2.24, 2.45) is 0 Å². The summed E-state index contributed by atoms with van der Waals surface area (Å²) in [6.45, 7) is 8.33. The lowest BCUT2D eigenvalue weighted by Gasteiger charge is -2.45. The highest BCUT2D eigenvalue weighted by Crippen LogP contribution is 2.31. The molecule has 0 aromatic heterocycles. The third-order valence-electron chi connectivity index (χ3n) is 3.45. The highest BCUT2D eigenvalue weighted by Gasteiger charge is 2.32.